The molecule has 0 aromatic carbocycles. The van der Waals surface area contributed by atoms with Gasteiger partial charge in [-0.25, -0.2) is 0 Å². The van der Waals surface area contributed by atoms with Crippen LogP contribution in [0.5, 0.6) is 0 Å². The molecule has 1 amide bonds. The molecule has 0 saturated carbocycles. The number of rotatable bonds is 2. The number of ether oxygens (including phenoxy) is 1. The van der Waals surface area contributed by atoms with Gasteiger partial charge in [0.2, 0.25) is 0 Å². The lowest BCUT2D eigenvalue weighted by molar-refractivity contribution is -0.0445. The number of hydrogen-bond donors (Lipinski definition) is 0. The average Bonchev–Trinajstić information content (AvgIpc) is 2.75. The molecule has 94 valence electrons. The van der Waals surface area contributed by atoms with E-state index in [1.54, 1.807) is 24.1 Å². The molecule has 2 heterocycles. The number of methoxy groups -OCH3 is 1. The molecule has 1 aromatic heterocycles. The van der Waals surface area contributed by atoms with Crippen LogP contribution in [0.15, 0.2) is 16.5 Å². The van der Waals surface area contributed by atoms with Crippen molar-refractivity contribution in [2.45, 2.75) is 25.4 Å². The van der Waals surface area contributed by atoms with E-state index in [0.717, 1.165) is 19.4 Å². The number of amides is 1. The standard InChI is InChI=1S/C12H16ClNO3/c1-12(16-2)6-3-7-14(8-12)11(15)9-4-5-10(13)17-9/h4-5H,3,6-8H2,1-2H3. The second kappa shape index (κ2) is 4.70. The molecule has 0 spiro atoms. The predicted molar refractivity (Wildman–Crippen MR) is 64.3 cm³/mol. The Morgan fingerprint density at radius 3 is 2.94 bits per heavy atom. The molecule has 0 bridgehead atoms. The van der Waals surface area contributed by atoms with E-state index < -0.39 is 0 Å². The first-order valence-electron chi connectivity index (χ1n) is 5.64. The van der Waals surface area contributed by atoms with Crippen LogP contribution >= 0.6 is 11.6 Å². The molecule has 1 aromatic rings. The van der Waals surface area contributed by atoms with Gasteiger partial charge >= 0.3 is 0 Å². The number of carbonyl (C=O) groups excluding carboxylic acids is 1. The van der Waals surface area contributed by atoms with E-state index in [1.165, 1.54) is 0 Å². The fourth-order valence-corrected chi connectivity index (χ4v) is 2.28. The fraction of sp³-hybridized carbons (Fsp3) is 0.583. The van der Waals surface area contributed by atoms with Gasteiger partial charge in [-0.3, -0.25) is 4.79 Å². The second-order valence-electron chi connectivity index (χ2n) is 4.59. The zero-order chi connectivity index (χ0) is 12.5. The van der Waals surface area contributed by atoms with Crippen LogP contribution in [0.3, 0.4) is 0 Å². The maximum absolute atomic E-state index is 12.1. The van der Waals surface area contributed by atoms with E-state index in [-0.39, 0.29) is 22.5 Å². The van der Waals surface area contributed by atoms with E-state index in [2.05, 4.69) is 0 Å². The summed E-state index contributed by atoms with van der Waals surface area (Å²) in [7, 11) is 1.68. The van der Waals surface area contributed by atoms with Crippen molar-refractivity contribution in [1.82, 2.24) is 4.90 Å². The first-order chi connectivity index (χ1) is 8.04. The molecular formula is C12H16ClNO3. The largest absolute Gasteiger partial charge is 0.440 e. The highest BCUT2D eigenvalue weighted by Crippen LogP contribution is 2.25. The number of furan rings is 1. The van der Waals surface area contributed by atoms with E-state index >= 15 is 0 Å². The zero-order valence-electron chi connectivity index (χ0n) is 10.0. The van der Waals surface area contributed by atoms with Crippen molar-refractivity contribution in [3.63, 3.8) is 0 Å². The van der Waals surface area contributed by atoms with Crippen LogP contribution < -0.4 is 0 Å². The van der Waals surface area contributed by atoms with Gasteiger partial charge in [0, 0.05) is 20.2 Å². The number of halogens is 1. The monoisotopic (exact) mass is 257 g/mol. The summed E-state index contributed by atoms with van der Waals surface area (Å²) in [5, 5.41) is 0.236. The Balaban J connectivity index is 2.10. The van der Waals surface area contributed by atoms with Crippen molar-refractivity contribution in [1.29, 1.82) is 0 Å². The maximum Gasteiger partial charge on any atom is 0.289 e. The number of likely N-dealkylation sites (tertiary alicyclic amines) is 1. The lowest BCUT2D eigenvalue weighted by Crippen LogP contribution is -2.49. The molecule has 5 heteroatoms. The van der Waals surface area contributed by atoms with Gasteiger partial charge in [0.05, 0.1) is 5.60 Å². The van der Waals surface area contributed by atoms with E-state index in [1.807, 2.05) is 6.92 Å². The van der Waals surface area contributed by atoms with Gasteiger partial charge < -0.3 is 14.1 Å². The Labute approximate surface area is 105 Å². The van der Waals surface area contributed by atoms with E-state index in [9.17, 15) is 4.79 Å². The van der Waals surface area contributed by atoms with Crippen molar-refractivity contribution in [2.24, 2.45) is 0 Å². The first-order valence-corrected chi connectivity index (χ1v) is 6.02. The molecule has 1 fully saturated rings. The minimum atomic E-state index is -0.260. The quantitative estimate of drug-likeness (QED) is 0.818. The summed E-state index contributed by atoms with van der Waals surface area (Å²) in [5.41, 5.74) is -0.260. The topological polar surface area (TPSA) is 42.7 Å². The maximum atomic E-state index is 12.1. The van der Waals surface area contributed by atoms with Crippen LogP contribution in [0.25, 0.3) is 0 Å². The summed E-state index contributed by atoms with van der Waals surface area (Å²) in [6.45, 7) is 3.33. The average molecular weight is 258 g/mol. The normalized spacial score (nSPS) is 25.0. The number of hydrogen-bond acceptors (Lipinski definition) is 3. The van der Waals surface area contributed by atoms with Gasteiger partial charge in [0.1, 0.15) is 0 Å². The minimum Gasteiger partial charge on any atom is -0.440 e. The minimum absolute atomic E-state index is 0.125. The third-order valence-corrected chi connectivity index (χ3v) is 3.43. The lowest BCUT2D eigenvalue weighted by atomic mass is 9.94. The summed E-state index contributed by atoms with van der Waals surface area (Å²) in [6.07, 6.45) is 1.90. The molecule has 0 aliphatic carbocycles. The third kappa shape index (κ3) is 2.64. The molecule has 1 aliphatic heterocycles. The number of carbonyl (C=O) groups is 1. The molecule has 17 heavy (non-hydrogen) atoms. The number of nitrogens with zero attached hydrogens (tertiary/aromatic N) is 1. The van der Waals surface area contributed by atoms with Crippen LogP contribution in [-0.2, 0) is 4.74 Å². The summed E-state index contributed by atoms with van der Waals surface area (Å²) in [4.78, 5) is 13.9. The van der Waals surface area contributed by atoms with E-state index in [4.69, 9.17) is 20.8 Å². The fourth-order valence-electron chi connectivity index (χ4n) is 2.13. The van der Waals surface area contributed by atoms with Crippen LogP contribution in [0.2, 0.25) is 5.22 Å². The van der Waals surface area contributed by atoms with Crippen molar-refractivity contribution in [3.8, 4) is 0 Å². The highest BCUT2D eigenvalue weighted by atomic mass is 35.5. The summed E-state index contributed by atoms with van der Waals surface area (Å²) in [6, 6.07) is 3.18. The molecule has 0 radical (unpaired) electrons. The van der Waals surface area contributed by atoms with Gasteiger partial charge in [0.25, 0.3) is 5.91 Å². The smallest absolute Gasteiger partial charge is 0.289 e. The van der Waals surface area contributed by atoms with Gasteiger partial charge in [0.15, 0.2) is 11.0 Å². The van der Waals surface area contributed by atoms with Crippen molar-refractivity contribution in [3.05, 3.63) is 23.1 Å². The Bertz CT molecular complexity index is 418. The Morgan fingerprint density at radius 1 is 1.59 bits per heavy atom. The summed E-state index contributed by atoms with van der Waals surface area (Å²) in [5.74, 6) is 0.162. The zero-order valence-corrected chi connectivity index (χ0v) is 10.8. The molecule has 1 atom stereocenters. The van der Waals surface area contributed by atoms with E-state index in [0.29, 0.717) is 6.54 Å². The predicted octanol–water partition coefficient (Wildman–Crippen LogP) is 2.57. The SMILES string of the molecule is COC1(C)CCCN(C(=O)c2ccc(Cl)o2)C1. The molecule has 0 N–H and O–H groups in total. The summed E-state index contributed by atoms with van der Waals surface area (Å²) < 4.78 is 10.6. The summed E-state index contributed by atoms with van der Waals surface area (Å²) >= 11 is 5.66. The van der Waals surface area contributed by atoms with Crippen LogP contribution in [0.1, 0.15) is 30.3 Å². The second-order valence-corrected chi connectivity index (χ2v) is 4.96. The lowest BCUT2D eigenvalue weighted by Gasteiger charge is -2.39. The van der Waals surface area contributed by atoms with Crippen LogP contribution in [0, 0.1) is 0 Å². The molecular weight excluding hydrogens is 242 g/mol. The van der Waals surface area contributed by atoms with Gasteiger partial charge in [-0.1, -0.05) is 0 Å². The highest BCUT2D eigenvalue weighted by molar-refractivity contribution is 6.29. The Kier molecular flexibility index (Phi) is 3.45. The Morgan fingerprint density at radius 2 is 2.35 bits per heavy atom. The van der Waals surface area contributed by atoms with Crippen LogP contribution in [-0.4, -0.2) is 36.6 Å². The molecule has 1 saturated heterocycles. The van der Waals surface area contributed by atoms with Gasteiger partial charge in [-0.2, -0.15) is 0 Å². The Hall–Kier alpha value is -1.00. The van der Waals surface area contributed by atoms with Crippen molar-refractivity contribution >= 4 is 17.5 Å². The third-order valence-electron chi connectivity index (χ3n) is 3.22. The molecule has 1 aliphatic rings. The van der Waals surface area contributed by atoms with Crippen molar-refractivity contribution < 1.29 is 13.9 Å². The molecule has 1 unspecified atom stereocenters. The molecule has 2 rings (SSSR count). The molecule has 4 nitrogen and oxygen atoms in total. The van der Waals surface area contributed by atoms with Crippen molar-refractivity contribution in [2.75, 3.05) is 20.2 Å². The van der Waals surface area contributed by atoms with Gasteiger partial charge in [-0.05, 0) is 43.5 Å². The van der Waals surface area contributed by atoms with Gasteiger partial charge in [-0.15, -0.1) is 0 Å². The number of piperidine rings is 1. The van der Waals surface area contributed by atoms with Crippen LogP contribution in [0.4, 0.5) is 0 Å². The first kappa shape index (κ1) is 12.5. The highest BCUT2D eigenvalue weighted by Gasteiger charge is 2.34.